The fraction of sp³-hybridized carbons (Fsp3) is 0.333. The molecule has 1 N–H and O–H groups in total. The molecular weight excluding hydrogens is 256 g/mol. The molecule has 5 nitrogen and oxygen atoms in total. The first-order valence-electron chi connectivity index (χ1n) is 5.34. The number of aliphatic hydroxyl groups excluding tert-OH is 1. The molecule has 2 rings (SSSR count). The first-order valence-corrected chi connectivity index (χ1v) is 5.72. The highest BCUT2D eigenvalue weighted by molar-refractivity contribution is 6.32. The highest BCUT2D eigenvalue weighted by atomic mass is 35.5. The molecule has 0 saturated heterocycles. The lowest BCUT2D eigenvalue weighted by molar-refractivity contribution is 0.199. The SMILES string of the molecule is COc1nc2cc(Cl)c(C(C)O)cc2nc1OC. The highest BCUT2D eigenvalue weighted by Gasteiger charge is 2.14. The topological polar surface area (TPSA) is 64.5 Å². The summed E-state index contributed by atoms with van der Waals surface area (Å²) in [7, 11) is 2.98. The number of nitrogens with zero attached hydrogens (tertiary/aromatic N) is 2. The Labute approximate surface area is 109 Å². The van der Waals surface area contributed by atoms with Gasteiger partial charge >= 0.3 is 0 Å². The van der Waals surface area contributed by atoms with Gasteiger partial charge in [0.2, 0.25) is 0 Å². The zero-order chi connectivity index (χ0) is 13.3. The summed E-state index contributed by atoms with van der Waals surface area (Å²) in [4.78, 5) is 8.52. The van der Waals surface area contributed by atoms with E-state index in [0.717, 1.165) is 0 Å². The predicted octanol–water partition coefficient (Wildman–Crippen LogP) is 2.35. The minimum Gasteiger partial charge on any atom is -0.477 e. The minimum absolute atomic E-state index is 0.295. The van der Waals surface area contributed by atoms with Crippen LogP contribution >= 0.6 is 11.6 Å². The molecule has 2 aromatic rings. The molecule has 0 bridgehead atoms. The summed E-state index contributed by atoms with van der Waals surface area (Å²) >= 11 is 6.07. The number of rotatable bonds is 3. The van der Waals surface area contributed by atoms with Gasteiger partial charge in [0.05, 0.1) is 31.4 Å². The normalized spacial score (nSPS) is 12.5. The highest BCUT2D eigenvalue weighted by Crippen LogP contribution is 2.30. The number of hydrogen-bond donors (Lipinski definition) is 1. The number of fused-ring (bicyclic) bond motifs is 1. The van der Waals surface area contributed by atoms with E-state index in [1.54, 1.807) is 19.1 Å². The number of aromatic nitrogens is 2. The van der Waals surface area contributed by atoms with E-state index in [0.29, 0.717) is 33.4 Å². The molecule has 0 amide bonds. The van der Waals surface area contributed by atoms with Gasteiger partial charge in [0.25, 0.3) is 11.8 Å². The number of ether oxygens (including phenoxy) is 2. The van der Waals surface area contributed by atoms with Crippen LogP contribution in [0.25, 0.3) is 11.0 Å². The van der Waals surface area contributed by atoms with Crippen LogP contribution in [0.5, 0.6) is 11.8 Å². The standard InChI is InChI=1S/C12H13ClN2O3/c1-6(16)7-4-9-10(5-8(7)13)15-12(18-3)11(14-9)17-2/h4-6,16H,1-3H3. The Balaban J connectivity index is 2.70. The Morgan fingerprint density at radius 3 is 2.06 bits per heavy atom. The predicted molar refractivity (Wildman–Crippen MR) is 68.3 cm³/mol. The molecule has 1 atom stereocenters. The summed E-state index contributed by atoms with van der Waals surface area (Å²) in [6.07, 6.45) is -0.670. The van der Waals surface area contributed by atoms with Crippen molar-refractivity contribution in [2.24, 2.45) is 0 Å². The van der Waals surface area contributed by atoms with Crippen molar-refractivity contribution in [2.75, 3.05) is 14.2 Å². The van der Waals surface area contributed by atoms with Crippen molar-refractivity contribution < 1.29 is 14.6 Å². The molecule has 96 valence electrons. The van der Waals surface area contributed by atoms with E-state index in [1.807, 2.05) is 0 Å². The monoisotopic (exact) mass is 268 g/mol. The third-order valence-corrected chi connectivity index (χ3v) is 2.88. The molecule has 6 heteroatoms. The average Bonchev–Trinajstić information content (AvgIpc) is 2.36. The molecule has 0 aliphatic carbocycles. The second-order valence-corrected chi connectivity index (χ2v) is 4.19. The van der Waals surface area contributed by atoms with Gasteiger partial charge < -0.3 is 14.6 Å². The van der Waals surface area contributed by atoms with E-state index in [9.17, 15) is 5.11 Å². The van der Waals surface area contributed by atoms with Gasteiger partial charge in [0.15, 0.2) is 0 Å². The molecular formula is C12H13ClN2O3. The van der Waals surface area contributed by atoms with E-state index in [-0.39, 0.29) is 0 Å². The van der Waals surface area contributed by atoms with Crippen molar-refractivity contribution in [3.63, 3.8) is 0 Å². The average molecular weight is 269 g/mol. The lowest BCUT2D eigenvalue weighted by Crippen LogP contribution is -1.99. The smallest absolute Gasteiger partial charge is 0.278 e. The zero-order valence-corrected chi connectivity index (χ0v) is 11.0. The fourth-order valence-electron chi connectivity index (χ4n) is 1.65. The Hall–Kier alpha value is -1.59. The lowest BCUT2D eigenvalue weighted by atomic mass is 10.1. The molecule has 18 heavy (non-hydrogen) atoms. The fourth-order valence-corrected chi connectivity index (χ4v) is 1.96. The molecule has 0 radical (unpaired) electrons. The molecule has 0 spiro atoms. The molecule has 0 fully saturated rings. The first kappa shape index (κ1) is 12.9. The van der Waals surface area contributed by atoms with E-state index in [1.165, 1.54) is 14.2 Å². The zero-order valence-electron chi connectivity index (χ0n) is 10.3. The minimum atomic E-state index is -0.670. The van der Waals surface area contributed by atoms with Crippen molar-refractivity contribution in [1.82, 2.24) is 9.97 Å². The van der Waals surface area contributed by atoms with Gasteiger partial charge in [-0.1, -0.05) is 11.6 Å². The van der Waals surface area contributed by atoms with Crippen LogP contribution in [0.3, 0.4) is 0 Å². The maximum absolute atomic E-state index is 9.60. The molecule has 0 saturated carbocycles. The Morgan fingerprint density at radius 1 is 1.11 bits per heavy atom. The number of aliphatic hydroxyl groups is 1. The molecule has 1 unspecified atom stereocenters. The Bertz CT molecular complexity index is 587. The van der Waals surface area contributed by atoms with Gasteiger partial charge in [-0.25, -0.2) is 9.97 Å². The molecule has 0 aliphatic heterocycles. The number of methoxy groups -OCH3 is 2. The number of benzene rings is 1. The molecule has 0 aliphatic rings. The summed E-state index contributed by atoms with van der Waals surface area (Å²) in [6.45, 7) is 1.64. The van der Waals surface area contributed by atoms with Gasteiger partial charge in [0.1, 0.15) is 0 Å². The van der Waals surface area contributed by atoms with E-state index >= 15 is 0 Å². The van der Waals surface area contributed by atoms with Crippen molar-refractivity contribution in [3.8, 4) is 11.8 Å². The molecule has 1 heterocycles. The van der Waals surface area contributed by atoms with Gasteiger partial charge in [0, 0.05) is 10.6 Å². The summed E-state index contributed by atoms with van der Waals surface area (Å²) in [6, 6.07) is 3.34. The summed E-state index contributed by atoms with van der Waals surface area (Å²) in [5.41, 5.74) is 1.78. The van der Waals surface area contributed by atoms with E-state index < -0.39 is 6.10 Å². The van der Waals surface area contributed by atoms with Crippen molar-refractivity contribution in [3.05, 3.63) is 22.7 Å². The third-order valence-electron chi connectivity index (χ3n) is 2.56. The van der Waals surface area contributed by atoms with Crippen molar-refractivity contribution in [2.45, 2.75) is 13.0 Å². The second-order valence-electron chi connectivity index (χ2n) is 3.78. The molecule has 1 aromatic carbocycles. The quantitative estimate of drug-likeness (QED) is 0.926. The summed E-state index contributed by atoms with van der Waals surface area (Å²) in [5, 5.41) is 10.0. The van der Waals surface area contributed by atoms with Crippen molar-refractivity contribution >= 4 is 22.6 Å². The van der Waals surface area contributed by atoms with Crippen LogP contribution in [0, 0.1) is 0 Å². The first-order chi connectivity index (χ1) is 8.56. The van der Waals surface area contributed by atoms with Crippen LogP contribution in [0.1, 0.15) is 18.6 Å². The van der Waals surface area contributed by atoms with Gasteiger partial charge in [-0.05, 0) is 19.1 Å². The van der Waals surface area contributed by atoms with Gasteiger partial charge in [-0.2, -0.15) is 0 Å². The van der Waals surface area contributed by atoms with E-state index in [4.69, 9.17) is 21.1 Å². The molecule has 1 aromatic heterocycles. The number of hydrogen-bond acceptors (Lipinski definition) is 5. The summed E-state index contributed by atoms with van der Waals surface area (Å²) in [5.74, 6) is 0.592. The van der Waals surface area contributed by atoms with Crippen LogP contribution in [-0.4, -0.2) is 29.3 Å². The van der Waals surface area contributed by atoms with Crippen LogP contribution in [0.2, 0.25) is 5.02 Å². The Kier molecular flexibility index (Phi) is 3.54. The Morgan fingerprint density at radius 2 is 1.61 bits per heavy atom. The van der Waals surface area contributed by atoms with Gasteiger partial charge in [-0.15, -0.1) is 0 Å². The maximum atomic E-state index is 9.60. The maximum Gasteiger partial charge on any atom is 0.278 e. The summed E-state index contributed by atoms with van der Waals surface area (Å²) < 4.78 is 10.2. The van der Waals surface area contributed by atoms with Crippen LogP contribution in [0.4, 0.5) is 0 Å². The second kappa shape index (κ2) is 4.96. The van der Waals surface area contributed by atoms with Gasteiger partial charge in [-0.3, -0.25) is 0 Å². The lowest BCUT2D eigenvalue weighted by Gasteiger charge is -2.10. The van der Waals surface area contributed by atoms with Crippen molar-refractivity contribution in [1.29, 1.82) is 0 Å². The third kappa shape index (κ3) is 2.19. The van der Waals surface area contributed by atoms with Crippen LogP contribution < -0.4 is 9.47 Å². The van der Waals surface area contributed by atoms with Crippen LogP contribution in [-0.2, 0) is 0 Å². The van der Waals surface area contributed by atoms with Crippen LogP contribution in [0.15, 0.2) is 12.1 Å². The van der Waals surface area contributed by atoms with E-state index in [2.05, 4.69) is 9.97 Å². The largest absolute Gasteiger partial charge is 0.477 e. The number of halogens is 1.